The van der Waals surface area contributed by atoms with E-state index in [-0.39, 0.29) is 0 Å². The van der Waals surface area contributed by atoms with Crippen LogP contribution < -0.4 is 10.6 Å². The van der Waals surface area contributed by atoms with Gasteiger partial charge in [-0.05, 0) is 31.8 Å². The predicted molar refractivity (Wildman–Crippen MR) is 88.6 cm³/mol. The summed E-state index contributed by atoms with van der Waals surface area (Å²) in [4.78, 5) is 11.1. The maximum Gasteiger partial charge on any atom is 0.191 e. The van der Waals surface area contributed by atoms with E-state index in [9.17, 15) is 0 Å². The van der Waals surface area contributed by atoms with Gasteiger partial charge in [-0.15, -0.1) is 0 Å². The summed E-state index contributed by atoms with van der Waals surface area (Å²) in [5, 5.41) is 10.8. The van der Waals surface area contributed by atoms with Gasteiger partial charge in [0.25, 0.3) is 0 Å². The summed E-state index contributed by atoms with van der Waals surface area (Å²) in [5.41, 5.74) is 0. The van der Waals surface area contributed by atoms with E-state index in [4.69, 9.17) is 0 Å². The minimum atomic E-state index is 0.552. The monoisotopic (exact) mass is 307 g/mol. The molecule has 2 N–H and O–H groups in total. The lowest BCUT2D eigenvalue weighted by atomic mass is 10.0. The van der Waals surface area contributed by atoms with Crippen LogP contribution >= 0.6 is 0 Å². The fraction of sp³-hybridized carbons (Fsp3) is 0.800. The number of nitrogens with one attached hydrogen (secondary N) is 2. The number of guanidine groups is 1. The Kier molecular flexibility index (Phi) is 6.18. The molecule has 124 valence electrons. The average Bonchev–Trinajstić information content (AvgIpc) is 3.14. The molecule has 0 bridgehead atoms. The molecule has 7 nitrogen and oxygen atoms in total. The molecule has 1 atom stereocenters. The molecule has 1 fully saturated rings. The number of hydrogen-bond donors (Lipinski definition) is 2. The van der Waals surface area contributed by atoms with Gasteiger partial charge in [0.05, 0.1) is 6.54 Å². The van der Waals surface area contributed by atoms with Crippen molar-refractivity contribution in [2.75, 3.05) is 26.7 Å². The molecule has 0 saturated carbocycles. The van der Waals surface area contributed by atoms with E-state index in [0.717, 1.165) is 18.3 Å². The van der Waals surface area contributed by atoms with Crippen molar-refractivity contribution in [1.29, 1.82) is 0 Å². The predicted octanol–water partition coefficient (Wildman–Crippen LogP) is 0.601. The zero-order chi connectivity index (χ0) is 15.9. The van der Waals surface area contributed by atoms with Gasteiger partial charge in [-0.3, -0.25) is 14.6 Å². The average molecular weight is 307 g/mol. The highest BCUT2D eigenvalue weighted by Gasteiger charge is 2.24. The van der Waals surface area contributed by atoms with Gasteiger partial charge >= 0.3 is 0 Å². The van der Waals surface area contributed by atoms with E-state index in [0.29, 0.717) is 18.5 Å². The van der Waals surface area contributed by atoms with Crippen LogP contribution in [-0.2, 0) is 13.6 Å². The molecule has 0 amide bonds. The molecule has 2 rings (SSSR count). The molecule has 1 aromatic rings. The Balaban J connectivity index is 1.82. The van der Waals surface area contributed by atoms with Crippen LogP contribution in [0.3, 0.4) is 0 Å². The van der Waals surface area contributed by atoms with Gasteiger partial charge in [-0.1, -0.05) is 13.8 Å². The number of aromatic nitrogens is 3. The summed E-state index contributed by atoms with van der Waals surface area (Å²) in [6.45, 7) is 8.55. The molecule has 1 aliphatic heterocycles. The highest BCUT2D eigenvalue weighted by molar-refractivity contribution is 5.79. The zero-order valence-corrected chi connectivity index (χ0v) is 14.2. The van der Waals surface area contributed by atoms with E-state index >= 15 is 0 Å². The number of nitrogens with zero attached hydrogens (tertiary/aromatic N) is 5. The minimum absolute atomic E-state index is 0.552. The van der Waals surface area contributed by atoms with Crippen LogP contribution in [0.4, 0.5) is 0 Å². The van der Waals surface area contributed by atoms with E-state index in [1.165, 1.54) is 25.9 Å². The van der Waals surface area contributed by atoms with Crippen molar-refractivity contribution in [3.05, 3.63) is 12.2 Å². The molecule has 1 unspecified atom stereocenters. The van der Waals surface area contributed by atoms with Crippen LogP contribution in [0.15, 0.2) is 11.3 Å². The van der Waals surface area contributed by atoms with Gasteiger partial charge in [0, 0.05) is 26.7 Å². The van der Waals surface area contributed by atoms with Crippen LogP contribution in [0.25, 0.3) is 0 Å². The molecule has 2 heterocycles. The van der Waals surface area contributed by atoms with Crippen LogP contribution in [0.2, 0.25) is 0 Å². The van der Waals surface area contributed by atoms with Crippen molar-refractivity contribution < 1.29 is 0 Å². The fourth-order valence-electron chi connectivity index (χ4n) is 2.92. The van der Waals surface area contributed by atoms with Crippen molar-refractivity contribution >= 4 is 5.96 Å². The maximum absolute atomic E-state index is 4.29. The summed E-state index contributed by atoms with van der Waals surface area (Å²) in [5.74, 6) is 2.33. The van der Waals surface area contributed by atoms with Crippen molar-refractivity contribution in [2.45, 2.75) is 39.3 Å². The number of rotatable bonds is 6. The van der Waals surface area contributed by atoms with Crippen LogP contribution in [-0.4, -0.2) is 58.3 Å². The summed E-state index contributed by atoms with van der Waals surface area (Å²) in [6.07, 6.45) is 4.21. The van der Waals surface area contributed by atoms with Crippen molar-refractivity contribution in [2.24, 2.45) is 18.0 Å². The van der Waals surface area contributed by atoms with Crippen LogP contribution in [0.1, 0.15) is 32.5 Å². The van der Waals surface area contributed by atoms with E-state index in [1.807, 2.05) is 7.05 Å². The molecule has 0 aliphatic carbocycles. The molecule has 22 heavy (non-hydrogen) atoms. The standard InChI is InChI=1S/C15H29N7/c1-12(2)13(22-7-5-6-8-22)9-17-15(16-3)18-10-14-19-11-20-21(14)4/h11-13H,5-10H2,1-4H3,(H2,16,17,18). The molecule has 0 spiro atoms. The zero-order valence-electron chi connectivity index (χ0n) is 14.2. The van der Waals surface area contributed by atoms with Gasteiger partial charge in [0.2, 0.25) is 0 Å². The van der Waals surface area contributed by atoms with Gasteiger partial charge in [0.15, 0.2) is 5.96 Å². The molecule has 1 aromatic heterocycles. The first-order chi connectivity index (χ1) is 10.6. The number of aryl methyl sites for hydroxylation is 1. The molecule has 7 heteroatoms. The summed E-state index contributed by atoms with van der Waals surface area (Å²) < 4.78 is 1.77. The first kappa shape index (κ1) is 16.7. The molecule has 0 radical (unpaired) electrons. The largest absolute Gasteiger partial charge is 0.355 e. The Labute approximate surface area is 133 Å². The van der Waals surface area contributed by atoms with Crippen LogP contribution in [0, 0.1) is 5.92 Å². The van der Waals surface area contributed by atoms with E-state index in [2.05, 4.69) is 44.5 Å². The number of aliphatic imine (C=N–C) groups is 1. The Morgan fingerprint density at radius 2 is 2.05 bits per heavy atom. The highest BCUT2D eigenvalue weighted by atomic mass is 15.3. The first-order valence-corrected chi connectivity index (χ1v) is 8.13. The number of hydrogen-bond acceptors (Lipinski definition) is 4. The minimum Gasteiger partial charge on any atom is -0.355 e. The third kappa shape index (κ3) is 4.43. The normalized spacial score (nSPS) is 18.0. The quantitative estimate of drug-likeness (QED) is 0.595. The molecule has 1 aliphatic rings. The topological polar surface area (TPSA) is 70.4 Å². The van der Waals surface area contributed by atoms with Crippen LogP contribution in [0.5, 0.6) is 0 Å². The first-order valence-electron chi connectivity index (χ1n) is 8.13. The second-order valence-electron chi connectivity index (χ2n) is 6.16. The lowest BCUT2D eigenvalue weighted by Crippen LogP contribution is -2.48. The van der Waals surface area contributed by atoms with Gasteiger partial charge in [0.1, 0.15) is 12.2 Å². The lowest BCUT2D eigenvalue weighted by molar-refractivity contribution is 0.192. The Morgan fingerprint density at radius 3 is 2.59 bits per heavy atom. The van der Waals surface area contributed by atoms with E-state index < -0.39 is 0 Å². The summed E-state index contributed by atoms with van der Waals surface area (Å²) >= 11 is 0. The van der Waals surface area contributed by atoms with Crippen molar-refractivity contribution in [3.8, 4) is 0 Å². The summed E-state index contributed by atoms with van der Waals surface area (Å²) in [7, 11) is 3.69. The molecule has 1 saturated heterocycles. The van der Waals surface area contributed by atoms with Gasteiger partial charge < -0.3 is 10.6 Å². The number of likely N-dealkylation sites (tertiary alicyclic amines) is 1. The summed E-state index contributed by atoms with van der Waals surface area (Å²) in [6, 6.07) is 0.552. The van der Waals surface area contributed by atoms with Crippen molar-refractivity contribution in [3.63, 3.8) is 0 Å². The molecule has 0 aromatic carbocycles. The molecular weight excluding hydrogens is 278 g/mol. The lowest BCUT2D eigenvalue weighted by Gasteiger charge is -2.31. The van der Waals surface area contributed by atoms with Gasteiger partial charge in [-0.2, -0.15) is 5.10 Å². The fourth-order valence-corrected chi connectivity index (χ4v) is 2.92. The Bertz CT molecular complexity index is 474. The SMILES string of the molecule is CN=C(NCc1ncnn1C)NCC(C(C)C)N1CCCC1. The second-order valence-corrected chi connectivity index (χ2v) is 6.16. The third-order valence-corrected chi connectivity index (χ3v) is 4.30. The second kappa shape index (κ2) is 8.12. The maximum atomic E-state index is 4.29. The highest BCUT2D eigenvalue weighted by Crippen LogP contribution is 2.17. The third-order valence-electron chi connectivity index (χ3n) is 4.30. The van der Waals surface area contributed by atoms with E-state index in [1.54, 1.807) is 18.1 Å². The Morgan fingerprint density at radius 1 is 1.32 bits per heavy atom. The van der Waals surface area contributed by atoms with Crippen molar-refractivity contribution in [1.82, 2.24) is 30.3 Å². The Hall–Kier alpha value is -1.63. The smallest absolute Gasteiger partial charge is 0.191 e. The molecular formula is C15H29N7. The van der Waals surface area contributed by atoms with Gasteiger partial charge in [-0.25, -0.2) is 4.98 Å².